The lowest BCUT2D eigenvalue weighted by molar-refractivity contribution is 0.624. The fourth-order valence-electron chi connectivity index (χ4n) is 2.46. The summed E-state index contributed by atoms with van der Waals surface area (Å²) in [5.41, 5.74) is 2.59. The predicted octanol–water partition coefficient (Wildman–Crippen LogP) is 3.71. The van der Waals surface area contributed by atoms with Gasteiger partial charge in [-0.3, -0.25) is 0 Å². The van der Waals surface area contributed by atoms with Crippen LogP contribution in [0, 0.1) is 0 Å². The van der Waals surface area contributed by atoms with E-state index >= 15 is 0 Å². The number of anilines is 1. The molecule has 0 amide bonds. The molecule has 2 N–H and O–H groups in total. The number of rotatable bonds is 6. The van der Waals surface area contributed by atoms with Gasteiger partial charge < -0.3 is 15.5 Å². The minimum Gasteiger partial charge on any atom is -0.370 e. The van der Waals surface area contributed by atoms with Gasteiger partial charge in [0.05, 0.1) is 6.54 Å². The Labute approximate surface area is 168 Å². The number of hydrogen-bond acceptors (Lipinski definition) is 3. The molecule has 0 radical (unpaired) electrons. The SMILES string of the molecule is CCNC(=NCc1ccc(N2CCSCC2)cc1)NC(C)CC.I. The summed E-state index contributed by atoms with van der Waals surface area (Å²) in [6.07, 6.45) is 1.09. The van der Waals surface area contributed by atoms with Crippen molar-refractivity contribution in [3.63, 3.8) is 0 Å². The molecule has 1 unspecified atom stereocenters. The summed E-state index contributed by atoms with van der Waals surface area (Å²) < 4.78 is 0. The van der Waals surface area contributed by atoms with E-state index in [0.29, 0.717) is 12.6 Å². The Morgan fingerprint density at radius 1 is 1.21 bits per heavy atom. The van der Waals surface area contributed by atoms with Crippen molar-refractivity contribution in [2.45, 2.75) is 39.8 Å². The first-order valence-corrected chi connectivity index (χ1v) is 9.84. The van der Waals surface area contributed by atoms with E-state index in [0.717, 1.165) is 32.0 Å². The standard InChI is InChI=1S/C18H30N4S.HI/c1-4-15(3)21-18(19-5-2)20-14-16-6-8-17(9-7-16)22-10-12-23-13-11-22;/h6-9,15H,4-5,10-14H2,1-3H3,(H2,19,20,21);1H. The molecule has 4 nitrogen and oxygen atoms in total. The molecule has 24 heavy (non-hydrogen) atoms. The Morgan fingerprint density at radius 3 is 2.46 bits per heavy atom. The molecule has 0 saturated carbocycles. The molecule has 2 rings (SSSR count). The first-order valence-electron chi connectivity index (χ1n) is 8.69. The lowest BCUT2D eigenvalue weighted by Crippen LogP contribution is -2.41. The average molecular weight is 462 g/mol. The normalized spacial score (nSPS) is 16.3. The molecule has 1 fully saturated rings. The van der Waals surface area contributed by atoms with Crippen molar-refractivity contribution in [2.24, 2.45) is 4.99 Å². The Bertz CT molecular complexity index is 486. The van der Waals surface area contributed by atoms with Crippen molar-refractivity contribution in [1.29, 1.82) is 0 Å². The first kappa shape index (κ1) is 21.4. The third-order valence-electron chi connectivity index (χ3n) is 4.07. The lowest BCUT2D eigenvalue weighted by Gasteiger charge is -2.28. The minimum absolute atomic E-state index is 0. The van der Waals surface area contributed by atoms with Crippen molar-refractivity contribution in [2.75, 3.05) is 36.0 Å². The van der Waals surface area contributed by atoms with Crippen LogP contribution in [-0.4, -0.2) is 43.1 Å². The largest absolute Gasteiger partial charge is 0.370 e. The Balaban J connectivity index is 0.00000288. The highest BCUT2D eigenvalue weighted by Gasteiger charge is 2.10. The zero-order valence-electron chi connectivity index (χ0n) is 15.0. The van der Waals surface area contributed by atoms with Gasteiger partial charge in [-0.1, -0.05) is 19.1 Å². The quantitative estimate of drug-likeness (QED) is 0.384. The number of nitrogens with one attached hydrogen (secondary N) is 2. The molecule has 1 aromatic rings. The number of halogens is 1. The van der Waals surface area contributed by atoms with Crippen LogP contribution in [-0.2, 0) is 6.54 Å². The van der Waals surface area contributed by atoms with Gasteiger partial charge in [0, 0.05) is 42.9 Å². The molecule has 1 aliphatic rings. The molecule has 0 bridgehead atoms. The maximum Gasteiger partial charge on any atom is 0.191 e. The van der Waals surface area contributed by atoms with Crippen LogP contribution in [0.4, 0.5) is 5.69 Å². The van der Waals surface area contributed by atoms with Crippen LogP contribution in [0.15, 0.2) is 29.3 Å². The monoisotopic (exact) mass is 462 g/mol. The Morgan fingerprint density at radius 2 is 1.88 bits per heavy atom. The minimum atomic E-state index is 0. The molecule has 1 aromatic carbocycles. The summed E-state index contributed by atoms with van der Waals surface area (Å²) in [5, 5.41) is 6.74. The van der Waals surface area contributed by atoms with E-state index in [4.69, 9.17) is 4.99 Å². The van der Waals surface area contributed by atoms with Crippen LogP contribution < -0.4 is 15.5 Å². The van der Waals surface area contributed by atoms with E-state index < -0.39 is 0 Å². The highest BCUT2D eigenvalue weighted by Crippen LogP contribution is 2.20. The summed E-state index contributed by atoms with van der Waals surface area (Å²) in [5.74, 6) is 3.37. The number of aliphatic imine (C=N–C) groups is 1. The summed E-state index contributed by atoms with van der Waals surface area (Å²) in [6, 6.07) is 9.30. The molecule has 1 heterocycles. The van der Waals surface area contributed by atoms with Gasteiger partial charge in [-0.15, -0.1) is 24.0 Å². The van der Waals surface area contributed by atoms with Gasteiger partial charge in [0.25, 0.3) is 0 Å². The molecule has 1 aliphatic heterocycles. The number of hydrogen-bond donors (Lipinski definition) is 2. The van der Waals surface area contributed by atoms with Crippen LogP contribution in [0.1, 0.15) is 32.8 Å². The second kappa shape index (κ2) is 11.8. The highest BCUT2D eigenvalue weighted by atomic mass is 127. The van der Waals surface area contributed by atoms with E-state index in [2.05, 4.69) is 60.6 Å². The first-order chi connectivity index (χ1) is 11.2. The third kappa shape index (κ3) is 7.09. The topological polar surface area (TPSA) is 39.7 Å². The van der Waals surface area contributed by atoms with E-state index in [1.807, 2.05) is 11.8 Å². The van der Waals surface area contributed by atoms with Crippen molar-refractivity contribution in [1.82, 2.24) is 10.6 Å². The van der Waals surface area contributed by atoms with Gasteiger partial charge >= 0.3 is 0 Å². The van der Waals surface area contributed by atoms with Crippen LogP contribution in [0.2, 0.25) is 0 Å². The van der Waals surface area contributed by atoms with Crippen molar-refractivity contribution in [3.8, 4) is 0 Å². The van der Waals surface area contributed by atoms with E-state index in [9.17, 15) is 0 Å². The fourth-order valence-corrected chi connectivity index (χ4v) is 3.36. The summed E-state index contributed by atoms with van der Waals surface area (Å²) in [4.78, 5) is 7.16. The number of guanidine groups is 1. The van der Waals surface area contributed by atoms with Gasteiger partial charge in [0.2, 0.25) is 0 Å². The summed E-state index contributed by atoms with van der Waals surface area (Å²) in [7, 11) is 0. The lowest BCUT2D eigenvalue weighted by atomic mass is 10.2. The predicted molar refractivity (Wildman–Crippen MR) is 119 cm³/mol. The molecule has 0 spiro atoms. The smallest absolute Gasteiger partial charge is 0.191 e. The molecule has 1 saturated heterocycles. The average Bonchev–Trinajstić information content (AvgIpc) is 2.61. The molecule has 136 valence electrons. The number of nitrogens with zero attached hydrogens (tertiary/aromatic N) is 2. The molecule has 0 aliphatic carbocycles. The van der Waals surface area contributed by atoms with Gasteiger partial charge in [-0.25, -0.2) is 4.99 Å². The van der Waals surface area contributed by atoms with Gasteiger partial charge in [-0.05, 0) is 38.0 Å². The maximum atomic E-state index is 4.69. The van der Waals surface area contributed by atoms with Crippen LogP contribution >= 0.6 is 35.7 Å². The van der Waals surface area contributed by atoms with Crippen molar-refractivity contribution < 1.29 is 0 Å². The second-order valence-corrected chi connectivity index (χ2v) is 7.14. The van der Waals surface area contributed by atoms with Crippen molar-refractivity contribution >= 4 is 47.4 Å². The maximum absolute atomic E-state index is 4.69. The molecule has 6 heteroatoms. The molecular formula is C18H31IN4S. The van der Waals surface area contributed by atoms with Gasteiger partial charge in [0.1, 0.15) is 0 Å². The van der Waals surface area contributed by atoms with Gasteiger partial charge in [-0.2, -0.15) is 11.8 Å². The summed E-state index contributed by atoms with van der Waals surface area (Å²) in [6.45, 7) is 10.4. The van der Waals surface area contributed by atoms with E-state index in [1.54, 1.807) is 0 Å². The second-order valence-electron chi connectivity index (χ2n) is 5.91. The molecular weight excluding hydrogens is 431 g/mol. The fraction of sp³-hybridized carbons (Fsp3) is 0.611. The zero-order chi connectivity index (χ0) is 16.5. The Hall–Kier alpha value is -0.630. The number of benzene rings is 1. The zero-order valence-corrected chi connectivity index (χ0v) is 18.2. The summed E-state index contributed by atoms with van der Waals surface area (Å²) >= 11 is 2.05. The highest BCUT2D eigenvalue weighted by molar-refractivity contribution is 14.0. The van der Waals surface area contributed by atoms with E-state index in [1.165, 1.54) is 22.8 Å². The van der Waals surface area contributed by atoms with Crippen LogP contribution in [0.5, 0.6) is 0 Å². The third-order valence-corrected chi connectivity index (χ3v) is 5.01. The molecule has 1 atom stereocenters. The number of thioether (sulfide) groups is 1. The van der Waals surface area contributed by atoms with Crippen molar-refractivity contribution in [3.05, 3.63) is 29.8 Å². The van der Waals surface area contributed by atoms with Gasteiger partial charge in [0.15, 0.2) is 5.96 Å². The van der Waals surface area contributed by atoms with Crippen LogP contribution in [0.25, 0.3) is 0 Å². The van der Waals surface area contributed by atoms with E-state index in [-0.39, 0.29) is 24.0 Å². The van der Waals surface area contributed by atoms with Crippen LogP contribution in [0.3, 0.4) is 0 Å². The Kier molecular flexibility index (Phi) is 10.6. The molecule has 0 aromatic heterocycles.